The van der Waals surface area contributed by atoms with Crippen molar-refractivity contribution in [3.63, 3.8) is 0 Å². The second kappa shape index (κ2) is 5.77. The van der Waals surface area contributed by atoms with Crippen LogP contribution in [0.25, 0.3) is 5.69 Å². The lowest BCUT2D eigenvalue weighted by molar-refractivity contribution is -0.136. The van der Waals surface area contributed by atoms with Crippen LogP contribution in [0.15, 0.2) is 24.3 Å². The lowest BCUT2D eigenvalue weighted by Crippen LogP contribution is -2.02. The van der Waals surface area contributed by atoms with Crippen molar-refractivity contribution in [2.24, 2.45) is 0 Å². The van der Waals surface area contributed by atoms with Gasteiger partial charge in [-0.1, -0.05) is 17.7 Å². The molecule has 0 radical (unpaired) electrons. The van der Waals surface area contributed by atoms with Crippen molar-refractivity contribution in [1.82, 2.24) is 9.78 Å². The third-order valence-electron chi connectivity index (χ3n) is 3.20. The van der Waals surface area contributed by atoms with E-state index in [4.69, 9.17) is 9.84 Å². The summed E-state index contributed by atoms with van der Waals surface area (Å²) >= 11 is 0. The van der Waals surface area contributed by atoms with Gasteiger partial charge < -0.3 is 9.84 Å². The molecule has 0 bridgehead atoms. The molecule has 2 aromatic rings. The van der Waals surface area contributed by atoms with E-state index in [0.717, 1.165) is 16.9 Å². The van der Waals surface area contributed by atoms with Gasteiger partial charge in [-0.3, -0.25) is 4.79 Å². The standard InChI is InChI=1S/C15H18N2O3/c1-10-4-6-12(7-5-10)17-15(20-3)13(11(2)16-17)8-9-14(18)19/h4-7H,8-9H2,1-3H3,(H,18,19). The molecule has 0 aliphatic carbocycles. The number of hydrogen-bond acceptors (Lipinski definition) is 3. The molecular weight excluding hydrogens is 256 g/mol. The highest BCUT2D eigenvalue weighted by molar-refractivity contribution is 5.67. The van der Waals surface area contributed by atoms with Gasteiger partial charge in [0.2, 0.25) is 5.88 Å². The minimum Gasteiger partial charge on any atom is -0.481 e. The Bertz CT molecular complexity index is 615. The van der Waals surface area contributed by atoms with Gasteiger partial charge in [0.25, 0.3) is 0 Å². The molecule has 1 heterocycles. The number of benzene rings is 1. The summed E-state index contributed by atoms with van der Waals surface area (Å²) in [7, 11) is 1.57. The number of carbonyl (C=O) groups is 1. The first kappa shape index (κ1) is 14.1. The largest absolute Gasteiger partial charge is 0.481 e. The number of carboxylic acids is 1. The summed E-state index contributed by atoms with van der Waals surface area (Å²) in [5.41, 5.74) is 3.71. The molecule has 106 valence electrons. The number of aryl methyl sites for hydroxylation is 2. The van der Waals surface area contributed by atoms with E-state index in [9.17, 15) is 4.79 Å². The summed E-state index contributed by atoms with van der Waals surface area (Å²) < 4.78 is 7.14. The van der Waals surface area contributed by atoms with E-state index in [0.29, 0.717) is 12.3 Å². The van der Waals surface area contributed by atoms with Gasteiger partial charge in [-0.2, -0.15) is 5.10 Å². The second-order valence-electron chi connectivity index (χ2n) is 4.71. The Kier molecular flexibility index (Phi) is 4.08. The highest BCUT2D eigenvalue weighted by atomic mass is 16.5. The van der Waals surface area contributed by atoms with E-state index >= 15 is 0 Å². The molecule has 0 aliphatic heterocycles. The van der Waals surface area contributed by atoms with Crippen LogP contribution in [0.3, 0.4) is 0 Å². The van der Waals surface area contributed by atoms with Gasteiger partial charge in [0.05, 0.1) is 18.5 Å². The van der Waals surface area contributed by atoms with Gasteiger partial charge in [0.15, 0.2) is 0 Å². The van der Waals surface area contributed by atoms with Crippen LogP contribution in [0.4, 0.5) is 0 Å². The SMILES string of the molecule is COc1c(CCC(=O)O)c(C)nn1-c1ccc(C)cc1. The molecule has 0 spiro atoms. The van der Waals surface area contributed by atoms with Crippen molar-refractivity contribution in [3.8, 4) is 11.6 Å². The van der Waals surface area contributed by atoms with Crippen molar-refractivity contribution in [1.29, 1.82) is 0 Å². The molecule has 2 rings (SSSR count). The van der Waals surface area contributed by atoms with Crippen molar-refractivity contribution >= 4 is 5.97 Å². The molecule has 0 fully saturated rings. The van der Waals surface area contributed by atoms with Gasteiger partial charge in [-0.25, -0.2) is 4.68 Å². The number of aliphatic carboxylic acids is 1. The van der Waals surface area contributed by atoms with Crippen molar-refractivity contribution in [2.45, 2.75) is 26.7 Å². The van der Waals surface area contributed by atoms with Crippen molar-refractivity contribution < 1.29 is 14.6 Å². The van der Waals surface area contributed by atoms with Crippen LogP contribution in [0.5, 0.6) is 5.88 Å². The lowest BCUT2D eigenvalue weighted by atomic mass is 10.1. The molecule has 0 saturated carbocycles. The zero-order valence-corrected chi connectivity index (χ0v) is 11.9. The van der Waals surface area contributed by atoms with Gasteiger partial charge >= 0.3 is 5.97 Å². The summed E-state index contributed by atoms with van der Waals surface area (Å²) in [6.45, 7) is 3.89. The maximum Gasteiger partial charge on any atom is 0.303 e. The first-order valence-electron chi connectivity index (χ1n) is 6.44. The number of ether oxygens (including phenoxy) is 1. The van der Waals surface area contributed by atoms with Crippen LogP contribution in [0.2, 0.25) is 0 Å². The number of aromatic nitrogens is 2. The van der Waals surface area contributed by atoms with E-state index in [2.05, 4.69) is 5.10 Å². The monoisotopic (exact) mass is 274 g/mol. The quantitative estimate of drug-likeness (QED) is 0.910. The zero-order valence-electron chi connectivity index (χ0n) is 11.9. The first-order chi connectivity index (χ1) is 9.52. The Morgan fingerprint density at radius 2 is 1.95 bits per heavy atom. The number of carboxylic acid groups (broad SMARTS) is 1. The van der Waals surface area contributed by atoms with Gasteiger partial charge in [0, 0.05) is 12.0 Å². The van der Waals surface area contributed by atoms with Gasteiger partial charge in [0.1, 0.15) is 0 Å². The van der Waals surface area contributed by atoms with Crippen LogP contribution < -0.4 is 4.74 Å². The maximum absolute atomic E-state index is 10.7. The van der Waals surface area contributed by atoms with Crippen LogP contribution in [-0.2, 0) is 11.2 Å². The summed E-state index contributed by atoms with van der Waals surface area (Å²) in [6, 6.07) is 7.93. The number of methoxy groups -OCH3 is 1. The molecule has 0 atom stereocenters. The van der Waals surface area contributed by atoms with E-state index < -0.39 is 5.97 Å². The third kappa shape index (κ3) is 2.82. The predicted octanol–water partition coefficient (Wildman–Crippen LogP) is 2.51. The average molecular weight is 274 g/mol. The first-order valence-corrected chi connectivity index (χ1v) is 6.44. The van der Waals surface area contributed by atoms with Crippen molar-refractivity contribution in [3.05, 3.63) is 41.1 Å². The Morgan fingerprint density at radius 3 is 2.50 bits per heavy atom. The fraction of sp³-hybridized carbons (Fsp3) is 0.333. The minimum absolute atomic E-state index is 0.0663. The fourth-order valence-corrected chi connectivity index (χ4v) is 2.13. The van der Waals surface area contributed by atoms with E-state index in [1.807, 2.05) is 38.1 Å². The number of nitrogens with zero attached hydrogens (tertiary/aromatic N) is 2. The highest BCUT2D eigenvalue weighted by Crippen LogP contribution is 2.27. The molecule has 20 heavy (non-hydrogen) atoms. The van der Waals surface area contributed by atoms with E-state index in [-0.39, 0.29) is 6.42 Å². The number of rotatable bonds is 5. The third-order valence-corrected chi connectivity index (χ3v) is 3.20. The molecule has 1 aromatic heterocycles. The summed E-state index contributed by atoms with van der Waals surface area (Å²) in [5, 5.41) is 13.3. The van der Waals surface area contributed by atoms with Gasteiger partial charge in [-0.05, 0) is 32.4 Å². The smallest absolute Gasteiger partial charge is 0.303 e. The maximum atomic E-state index is 10.7. The molecule has 5 nitrogen and oxygen atoms in total. The van der Waals surface area contributed by atoms with Crippen LogP contribution in [0.1, 0.15) is 23.2 Å². The average Bonchev–Trinajstić information content (AvgIpc) is 2.73. The normalized spacial score (nSPS) is 10.6. The lowest BCUT2D eigenvalue weighted by Gasteiger charge is -2.08. The molecule has 0 aliphatic rings. The molecule has 1 aromatic carbocycles. The molecular formula is C15H18N2O3. The number of hydrogen-bond donors (Lipinski definition) is 1. The summed E-state index contributed by atoms with van der Waals surface area (Å²) in [5.74, 6) is -0.220. The summed E-state index contributed by atoms with van der Waals surface area (Å²) in [4.78, 5) is 10.7. The fourth-order valence-electron chi connectivity index (χ4n) is 2.13. The van der Waals surface area contributed by atoms with E-state index in [1.54, 1.807) is 11.8 Å². The molecule has 0 amide bonds. The zero-order chi connectivity index (χ0) is 14.7. The second-order valence-corrected chi connectivity index (χ2v) is 4.71. The highest BCUT2D eigenvalue weighted by Gasteiger charge is 2.17. The van der Waals surface area contributed by atoms with E-state index in [1.165, 1.54) is 5.56 Å². The van der Waals surface area contributed by atoms with Crippen LogP contribution in [0, 0.1) is 13.8 Å². The van der Waals surface area contributed by atoms with Crippen LogP contribution in [-0.4, -0.2) is 28.0 Å². The summed E-state index contributed by atoms with van der Waals surface area (Å²) in [6.07, 6.45) is 0.479. The molecule has 0 unspecified atom stereocenters. The Morgan fingerprint density at radius 1 is 1.30 bits per heavy atom. The minimum atomic E-state index is -0.825. The Balaban J connectivity index is 2.41. The predicted molar refractivity (Wildman–Crippen MR) is 75.5 cm³/mol. The molecule has 1 N–H and O–H groups in total. The van der Waals surface area contributed by atoms with Crippen LogP contribution >= 0.6 is 0 Å². The van der Waals surface area contributed by atoms with Gasteiger partial charge in [-0.15, -0.1) is 0 Å². The Labute approximate surface area is 117 Å². The Hall–Kier alpha value is -2.30. The topological polar surface area (TPSA) is 64.3 Å². The molecule has 0 saturated heterocycles. The molecule has 5 heteroatoms. The van der Waals surface area contributed by atoms with Crippen molar-refractivity contribution in [2.75, 3.05) is 7.11 Å².